The van der Waals surface area contributed by atoms with Gasteiger partial charge in [-0.05, 0) is 29.2 Å². The van der Waals surface area contributed by atoms with Crippen LogP contribution in [0.1, 0.15) is 24.5 Å². The van der Waals surface area contributed by atoms with Gasteiger partial charge >= 0.3 is 0 Å². The lowest BCUT2D eigenvalue weighted by atomic mass is 10.0. The number of hydrogen-bond donors (Lipinski definition) is 2. The lowest BCUT2D eigenvalue weighted by Crippen LogP contribution is -2.29. The molecule has 2 aromatic rings. The van der Waals surface area contributed by atoms with Gasteiger partial charge in [0.2, 0.25) is 5.91 Å². The molecule has 1 fully saturated rings. The second-order valence-corrected chi connectivity index (χ2v) is 5.10. The van der Waals surface area contributed by atoms with Crippen LogP contribution in [0.25, 0.3) is 10.8 Å². The smallest absolute Gasteiger partial charge is 0.223 e. The highest BCUT2D eigenvalue weighted by Gasteiger charge is 2.29. The van der Waals surface area contributed by atoms with Crippen molar-refractivity contribution in [2.75, 3.05) is 6.54 Å². The molecule has 3 nitrogen and oxygen atoms in total. The third-order valence-electron chi connectivity index (χ3n) is 3.60. The highest BCUT2D eigenvalue weighted by Crippen LogP contribution is 2.29. The van der Waals surface area contributed by atoms with E-state index in [0.29, 0.717) is 0 Å². The van der Waals surface area contributed by atoms with Gasteiger partial charge in [-0.3, -0.25) is 4.79 Å². The fourth-order valence-electron chi connectivity index (χ4n) is 2.34. The molecule has 0 bridgehead atoms. The van der Waals surface area contributed by atoms with E-state index in [9.17, 15) is 9.90 Å². The average molecular weight is 255 g/mol. The zero-order chi connectivity index (χ0) is 13.2. The van der Waals surface area contributed by atoms with Crippen LogP contribution in [0.3, 0.4) is 0 Å². The Morgan fingerprint density at radius 1 is 1.21 bits per heavy atom. The molecule has 0 radical (unpaired) electrons. The summed E-state index contributed by atoms with van der Waals surface area (Å²) in [7, 11) is 0. The normalized spacial score (nSPS) is 16.3. The van der Waals surface area contributed by atoms with E-state index >= 15 is 0 Å². The number of carbonyl (C=O) groups excluding carboxylic acids is 1. The van der Waals surface area contributed by atoms with Crippen LogP contribution in [0, 0.1) is 5.92 Å². The Balaban J connectivity index is 1.77. The van der Waals surface area contributed by atoms with Gasteiger partial charge in [-0.15, -0.1) is 0 Å². The van der Waals surface area contributed by atoms with Crippen LogP contribution < -0.4 is 5.32 Å². The van der Waals surface area contributed by atoms with E-state index in [0.717, 1.165) is 29.2 Å². The minimum atomic E-state index is -0.659. The van der Waals surface area contributed by atoms with Crippen LogP contribution in [-0.4, -0.2) is 17.6 Å². The lowest BCUT2D eigenvalue weighted by Gasteiger charge is -2.14. The molecule has 1 aliphatic carbocycles. The van der Waals surface area contributed by atoms with Crippen LogP contribution in [-0.2, 0) is 4.79 Å². The molecule has 0 saturated heterocycles. The van der Waals surface area contributed by atoms with Gasteiger partial charge in [-0.25, -0.2) is 0 Å². The average Bonchev–Trinajstić information content (AvgIpc) is 3.28. The Bertz CT molecular complexity index is 599. The lowest BCUT2D eigenvalue weighted by molar-refractivity contribution is -0.122. The minimum Gasteiger partial charge on any atom is -0.387 e. The molecule has 3 heteroatoms. The summed E-state index contributed by atoms with van der Waals surface area (Å²) in [5.41, 5.74) is 0.870. The Morgan fingerprint density at radius 3 is 2.74 bits per heavy atom. The van der Waals surface area contributed by atoms with Gasteiger partial charge in [0.25, 0.3) is 0 Å². The summed E-state index contributed by atoms with van der Waals surface area (Å²) in [6.45, 7) is 0.281. The van der Waals surface area contributed by atoms with E-state index in [1.807, 2.05) is 42.5 Å². The summed E-state index contributed by atoms with van der Waals surface area (Å²) in [4.78, 5) is 11.6. The molecule has 1 aliphatic rings. The van der Waals surface area contributed by atoms with Gasteiger partial charge < -0.3 is 10.4 Å². The first-order valence-corrected chi connectivity index (χ1v) is 6.69. The van der Waals surface area contributed by atoms with E-state index in [-0.39, 0.29) is 18.4 Å². The zero-order valence-electron chi connectivity index (χ0n) is 10.7. The molecular weight excluding hydrogens is 238 g/mol. The largest absolute Gasteiger partial charge is 0.387 e. The van der Waals surface area contributed by atoms with E-state index in [2.05, 4.69) is 5.32 Å². The Morgan fingerprint density at radius 2 is 1.95 bits per heavy atom. The standard InChI is InChI=1S/C16H17NO2/c18-15(10-17-16(19)12-8-9-12)14-7-3-5-11-4-1-2-6-13(11)14/h1-7,12,15,18H,8-10H2,(H,17,19)/t15-/m1/s1. The van der Waals surface area contributed by atoms with E-state index in [1.54, 1.807) is 0 Å². The minimum absolute atomic E-state index is 0.0688. The molecule has 2 N–H and O–H groups in total. The topological polar surface area (TPSA) is 49.3 Å². The molecule has 19 heavy (non-hydrogen) atoms. The van der Waals surface area contributed by atoms with Crippen molar-refractivity contribution < 1.29 is 9.90 Å². The maximum Gasteiger partial charge on any atom is 0.223 e. The first-order chi connectivity index (χ1) is 9.25. The molecule has 0 unspecified atom stereocenters. The van der Waals surface area contributed by atoms with E-state index in [1.165, 1.54) is 0 Å². The van der Waals surface area contributed by atoms with Crippen molar-refractivity contribution in [3.8, 4) is 0 Å². The predicted molar refractivity (Wildman–Crippen MR) is 74.6 cm³/mol. The van der Waals surface area contributed by atoms with Gasteiger partial charge in [-0.2, -0.15) is 0 Å². The van der Waals surface area contributed by atoms with Crippen LogP contribution in [0.4, 0.5) is 0 Å². The van der Waals surface area contributed by atoms with Crippen molar-refractivity contribution in [1.29, 1.82) is 0 Å². The number of carbonyl (C=O) groups is 1. The molecule has 0 aromatic heterocycles. The molecular formula is C16H17NO2. The maximum atomic E-state index is 11.6. The van der Waals surface area contributed by atoms with Crippen molar-refractivity contribution in [3.05, 3.63) is 48.0 Å². The summed E-state index contributed by atoms with van der Waals surface area (Å²) in [6.07, 6.45) is 1.31. The number of fused-ring (bicyclic) bond motifs is 1. The van der Waals surface area contributed by atoms with Crippen LogP contribution in [0.15, 0.2) is 42.5 Å². The molecule has 98 valence electrons. The highest BCUT2D eigenvalue weighted by atomic mass is 16.3. The van der Waals surface area contributed by atoms with Crippen molar-refractivity contribution in [2.45, 2.75) is 18.9 Å². The number of benzene rings is 2. The van der Waals surface area contributed by atoms with E-state index in [4.69, 9.17) is 0 Å². The maximum absolute atomic E-state index is 11.6. The predicted octanol–water partition coefficient (Wildman–Crippen LogP) is 2.40. The molecule has 2 aromatic carbocycles. The van der Waals surface area contributed by atoms with Crippen molar-refractivity contribution in [1.82, 2.24) is 5.32 Å². The van der Waals surface area contributed by atoms with E-state index < -0.39 is 6.10 Å². The summed E-state index contributed by atoms with van der Waals surface area (Å²) in [5.74, 6) is 0.249. The zero-order valence-corrected chi connectivity index (χ0v) is 10.7. The van der Waals surface area contributed by atoms with Gasteiger partial charge in [0, 0.05) is 12.5 Å². The van der Waals surface area contributed by atoms with Gasteiger partial charge in [0.15, 0.2) is 0 Å². The Hall–Kier alpha value is -1.87. The molecule has 0 heterocycles. The van der Waals surface area contributed by atoms with Gasteiger partial charge in [0.05, 0.1) is 6.10 Å². The summed E-state index contributed by atoms with van der Waals surface area (Å²) < 4.78 is 0. The molecule has 1 atom stereocenters. The molecule has 1 amide bonds. The van der Waals surface area contributed by atoms with Crippen LogP contribution >= 0.6 is 0 Å². The highest BCUT2D eigenvalue weighted by molar-refractivity contribution is 5.86. The third kappa shape index (κ3) is 2.61. The van der Waals surface area contributed by atoms with Gasteiger partial charge in [0.1, 0.15) is 0 Å². The molecule has 3 rings (SSSR count). The first-order valence-electron chi connectivity index (χ1n) is 6.69. The molecule has 1 saturated carbocycles. The number of nitrogens with one attached hydrogen (secondary N) is 1. The first kappa shape index (κ1) is 12.2. The summed E-state index contributed by atoms with van der Waals surface area (Å²) in [5, 5.41) is 15.2. The summed E-state index contributed by atoms with van der Waals surface area (Å²) >= 11 is 0. The van der Waals surface area contributed by atoms with Gasteiger partial charge in [-0.1, -0.05) is 42.5 Å². The fraction of sp³-hybridized carbons (Fsp3) is 0.312. The van der Waals surface area contributed by atoms with Crippen molar-refractivity contribution in [2.24, 2.45) is 5.92 Å². The van der Waals surface area contributed by atoms with Crippen LogP contribution in [0.5, 0.6) is 0 Å². The Kier molecular flexibility index (Phi) is 3.22. The monoisotopic (exact) mass is 255 g/mol. The molecule has 0 spiro atoms. The summed E-state index contributed by atoms with van der Waals surface area (Å²) in [6, 6.07) is 13.8. The SMILES string of the molecule is O=C(NC[C@@H](O)c1cccc2ccccc12)C1CC1. The van der Waals surface area contributed by atoms with Crippen molar-refractivity contribution >= 4 is 16.7 Å². The number of hydrogen-bond acceptors (Lipinski definition) is 2. The third-order valence-corrected chi connectivity index (χ3v) is 3.60. The number of rotatable bonds is 4. The second kappa shape index (κ2) is 5.02. The second-order valence-electron chi connectivity index (χ2n) is 5.10. The quantitative estimate of drug-likeness (QED) is 0.881. The number of aliphatic hydroxyl groups is 1. The Labute approximate surface area is 112 Å². The number of aliphatic hydroxyl groups excluding tert-OH is 1. The van der Waals surface area contributed by atoms with Crippen LogP contribution in [0.2, 0.25) is 0 Å². The molecule has 0 aliphatic heterocycles. The van der Waals surface area contributed by atoms with Crippen molar-refractivity contribution in [3.63, 3.8) is 0 Å². The fourth-order valence-corrected chi connectivity index (χ4v) is 2.34. The number of amides is 1.